The average Bonchev–Trinajstić information content (AvgIpc) is 3.10. The van der Waals surface area contributed by atoms with Gasteiger partial charge >= 0.3 is 5.97 Å². The highest BCUT2D eigenvalue weighted by Gasteiger charge is 2.16. The van der Waals surface area contributed by atoms with Crippen LogP contribution in [-0.2, 0) is 4.79 Å². The van der Waals surface area contributed by atoms with Crippen LogP contribution in [0.2, 0.25) is 0 Å². The van der Waals surface area contributed by atoms with Crippen LogP contribution in [0.5, 0.6) is 5.75 Å². The number of hydrogen-bond acceptors (Lipinski definition) is 6. The summed E-state index contributed by atoms with van der Waals surface area (Å²) in [5.41, 5.74) is 2.62. The molecule has 1 amide bonds. The van der Waals surface area contributed by atoms with Gasteiger partial charge in [0.2, 0.25) is 0 Å². The molecular weight excluding hydrogens is 338 g/mol. The van der Waals surface area contributed by atoms with E-state index in [0.717, 1.165) is 11.3 Å². The Morgan fingerprint density at radius 3 is 2.62 bits per heavy atom. The van der Waals surface area contributed by atoms with Crippen LogP contribution in [-0.4, -0.2) is 48.6 Å². The summed E-state index contributed by atoms with van der Waals surface area (Å²) < 4.78 is 1.58. The fourth-order valence-electron chi connectivity index (χ4n) is 2.23. The number of aromatic hydroxyl groups is 1. The first-order valence-electron chi connectivity index (χ1n) is 7.63. The maximum Gasteiger partial charge on any atom is 0.322 e. The van der Waals surface area contributed by atoms with Crippen molar-refractivity contribution in [1.82, 2.24) is 25.3 Å². The number of hydrogen-bond donors (Lipinski definition) is 3. The van der Waals surface area contributed by atoms with Crippen molar-refractivity contribution in [2.75, 3.05) is 6.54 Å². The van der Waals surface area contributed by atoms with Gasteiger partial charge in [0.15, 0.2) is 5.69 Å². The number of rotatable bonds is 5. The van der Waals surface area contributed by atoms with E-state index in [0.29, 0.717) is 11.3 Å². The first-order chi connectivity index (χ1) is 12.4. The molecule has 1 aromatic carbocycles. The van der Waals surface area contributed by atoms with Crippen LogP contribution in [0.25, 0.3) is 16.9 Å². The van der Waals surface area contributed by atoms with E-state index in [4.69, 9.17) is 5.11 Å². The van der Waals surface area contributed by atoms with Crippen LogP contribution < -0.4 is 5.32 Å². The number of carbonyl (C=O) groups is 2. The van der Waals surface area contributed by atoms with Crippen molar-refractivity contribution in [3.8, 4) is 22.7 Å². The van der Waals surface area contributed by atoms with Gasteiger partial charge in [-0.25, -0.2) is 9.67 Å². The van der Waals surface area contributed by atoms with Crippen LogP contribution in [0, 0.1) is 6.92 Å². The summed E-state index contributed by atoms with van der Waals surface area (Å²) in [6.45, 7) is 1.42. The van der Waals surface area contributed by atoms with Gasteiger partial charge in [-0.1, -0.05) is 22.9 Å². The van der Waals surface area contributed by atoms with Gasteiger partial charge in [0.1, 0.15) is 18.0 Å². The van der Waals surface area contributed by atoms with Gasteiger partial charge in [-0.15, -0.1) is 5.10 Å². The van der Waals surface area contributed by atoms with Crippen molar-refractivity contribution >= 4 is 11.9 Å². The van der Waals surface area contributed by atoms with Crippen molar-refractivity contribution in [1.29, 1.82) is 0 Å². The van der Waals surface area contributed by atoms with Gasteiger partial charge in [-0.2, -0.15) is 0 Å². The third kappa shape index (κ3) is 3.66. The zero-order valence-electron chi connectivity index (χ0n) is 13.7. The summed E-state index contributed by atoms with van der Waals surface area (Å²) in [5, 5.41) is 28.8. The third-order valence-corrected chi connectivity index (χ3v) is 3.57. The molecule has 0 bridgehead atoms. The lowest BCUT2D eigenvalue weighted by Gasteiger charge is -2.05. The minimum absolute atomic E-state index is 0.263. The van der Waals surface area contributed by atoms with Gasteiger partial charge in [0.05, 0.1) is 11.9 Å². The molecule has 0 aliphatic rings. The van der Waals surface area contributed by atoms with Crippen molar-refractivity contribution in [3.05, 3.63) is 54.0 Å². The molecule has 132 valence electrons. The maximum atomic E-state index is 11.8. The highest BCUT2D eigenvalue weighted by atomic mass is 16.4. The summed E-state index contributed by atoms with van der Waals surface area (Å²) in [6, 6.07) is 9.04. The van der Waals surface area contributed by atoms with Crippen molar-refractivity contribution in [3.63, 3.8) is 0 Å². The van der Waals surface area contributed by atoms with Crippen LogP contribution in [0.3, 0.4) is 0 Å². The van der Waals surface area contributed by atoms with E-state index < -0.39 is 18.4 Å². The Morgan fingerprint density at radius 2 is 1.96 bits per heavy atom. The molecule has 0 unspecified atom stereocenters. The Bertz CT molecular complexity index is 966. The van der Waals surface area contributed by atoms with Crippen molar-refractivity contribution in [2.24, 2.45) is 0 Å². The number of nitrogens with one attached hydrogen (secondary N) is 1. The highest BCUT2D eigenvalue weighted by Crippen LogP contribution is 2.23. The smallest absolute Gasteiger partial charge is 0.322 e. The summed E-state index contributed by atoms with van der Waals surface area (Å²) in [5.74, 6) is -2.35. The maximum absolute atomic E-state index is 11.8. The van der Waals surface area contributed by atoms with E-state index in [2.05, 4.69) is 20.6 Å². The molecule has 0 saturated carbocycles. The van der Waals surface area contributed by atoms with E-state index in [9.17, 15) is 14.7 Å². The molecule has 0 fully saturated rings. The fourth-order valence-corrected chi connectivity index (χ4v) is 2.23. The van der Waals surface area contributed by atoms with E-state index in [1.54, 1.807) is 10.9 Å². The minimum Gasteiger partial charge on any atom is -0.505 e. The lowest BCUT2D eigenvalue weighted by atomic mass is 10.2. The molecular formula is C17H15N5O4. The number of amides is 1. The van der Waals surface area contributed by atoms with Gasteiger partial charge in [0, 0.05) is 11.8 Å². The molecule has 9 nitrogen and oxygen atoms in total. The van der Waals surface area contributed by atoms with E-state index in [-0.39, 0.29) is 11.4 Å². The van der Waals surface area contributed by atoms with Crippen LogP contribution in [0.15, 0.2) is 42.7 Å². The lowest BCUT2D eigenvalue weighted by Crippen LogP contribution is -2.29. The number of carboxylic acids is 1. The largest absolute Gasteiger partial charge is 0.505 e. The van der Waals surface area contributed by atoms with Crippen LogP contribution in [0.4, 0.5) is 0 Å². The second-order valence-corrected chi connectivity index (χ2v) is 5.55. The predicted molar refractivity (Wildman–Crippen MR) is 91.0 cm³/mol. The summed E-state index contributed by atoms with van der Waals surface area (Å²) >= 11 is 0. The van der Waals surface area contributed by atoms with Crippen LogP contribution >= 0.6 is 0 Å². The standard InChI is InChI=1S/C17H15N5O4/c1-10-2-4-12(5-3-10)22-9-13(20-21-22)11-6-14(23)16(18-7-11)17(26)19-8-15(24)25/h2-7,9,23H,8H2,1H3,(H,19,26)(H,24,25). The molecule has 26 heavy (non-hydrogen) atoms. The van der Waals surface area contributed by atoms with Crippen LogP contribution in [0.1, 0.15) is 16.1 Å². The Kier molecular flexibility index (Phi) is 4.61. The molecule has 2 heterocycles. The zero-order chi connectivity index (χ0) is 18.7. The number of carboxylic acid groups (broad SMARTS) is 1. The first kappa shape index (κ1) is 17.1. The average molecular weight is 353 g/mol. The second-order valence-electron chi connectivity index (χ2n) is 5.55. The molecule has 3 N–H and O–H groups in total. The Balaban J connectivity index is 1.82. The minimum atomic E-state index is -1.19. The Morgan fingerprint density at radius 1 is 1.23 bits per heavy atom. The number of pyridine rings is 1. The molecule has 0 radical (unpaired) electrons. The quantitative estimate of drug-likeness (QED) is 0.627. The summed E-state index contributed by atoms with van der Waals surface area (Å²) in [7, 11) is 0. The van der Waals surface area contributed by atoms with Crippen molar-refractivity contribution in [2.45, 2.75) is 6.92 Å². The topological polar surface area (TPSA) is 130 Å². The van der Waals surface area contributed by atoms with Gasteiger partial charge in [-0.3, -0.25) is 9.59 Å². The molecule has 0 aliphatic carbocycles. The molecule has 0 atom stereocenters. The second kappa shape index (κ2) is 7.01. The number of aryl methyl sites for hydroxylation is 1. The number of aromatic nitrogens is 4. The van der Waals surface area contributed by atoms with E-state index in [1.165, 1.54) is 12.3 Å². The Hall–Kier alpha value is -3.75. The molecule has 9 heteroatoms. The van der Waals surface area contributed by atoms with Gasteiger partial charge in [0.25, 0.3) is 5.91 Å². The highest BCUT2D eigenvalue weighted by molar-refractivity contribution is 5.96. The zero-order valence-corrected chi connectivity index (χ0v) is 13.7. The molecule has 3 aromatic rings. The van der Waals surface area contributed by atoms with Gasteiger partial charge < -0.3 is 15.5 Å². The molecule has 2 aromatic heterocycles. The molecule has 3 rings (SSSR count). The number of aliphatic carboxylic acids is 1. The monoisotopic (exact) mass is 353 g/mol. The summed E-state index contributed by atoms with van der Waals surface area (Å²) in [6.07, 6.45) is 3.03. The predicted octanol–water partition coefficient (Wildman–Crippen LogP) is 1.16. The van der Waals surface area contributed by atoms with Gasteiger partial charge in [-0.05, 0) is 25.1 Å². The molecule has 0 saturated heterocycles. The lowest BCUT2D eigenvalue weighted by molar-refractivity contribution is -0.135. The van der Waals surface area contributed by atoms with Crippen molar-refractivity contribution < 1.29 is 19.8 Å². The van der Waals surface area contributed by atoms with E-state index in [1.807, 2.05) is 31.2 Å². The first-order valence-corrected chi connectivity index (χ1v) is 7.63. The Labute approximate surface area is 147 Å². The number of carbonyl (C=O) groups excluding carboxylic acids is 1. The SMILES string of the molecule is Cc1ccc(-n2cc(-c3cnc(C(=O)NCC(=O)O)c(O)c3)nn2)cc1. The molecule has 0 aliphatic heterocycles. The molecule has 0 spiro atoms. The summed E-state index contributed by atoms with van der Waals surface area (Å²) in [4.78, 5) is 26.2. The van der Waals surface area contributed by atoms with E-state index >= 15 is 0 Å². The third-order valence-electron chi connectivity index (χ3n) is 3.57. The normalized spacial score (nSPS) is 10.5. The fraction of sp³-hybridized carbons (Fsp3) is 0.118. The number of benzene rings is 1. The number of nitrogens with zero attached hydrogens (tertiary/aromatic N) is 4.